The molecule has 0 bridgehead atoms. The number of hydrogen-bond donors (Lipinski definition) is 3. The molecule has 0 radical (unpaired) electrons. The number of halogens is 2. The first-order chi connectivity index (χ1) is 12.0. The van der Waals surface area contributed by atoms with Crippen molar-refractivity contribution in [3.05, 3.63) is 64.1 Å². The predicted molar refractivity (Wildman–Crippen MR) is 101 cm³/mol. The van der Waals surface area contributed by atoms with Gasteiger partial charge in [0.25, 0.3) is 0 Å². The summed E-state index contributed by atoms with van der Waals surface area (Å²) in [4.78, 5) is 23.9. The van der Waals surface area contributed by atoms with E-state index in [4.69, 9.17) is 23.2 Å². The minimum absolute atomic E-state index is 0.270. The third-order valence-corrected chi connectivity index (χ3v) is 4.07. The van der Waals surface area contributed by atoms with E-state index in [2.05, 4.69) is 16.0 Å². The van der Waals surface area contributed by atoms with Crippen molar-refractivity contribution in [3.8, 4) is 0 Å². The van der Waals surface area contributed by atoms with Gasteiger partial charge in [0.1, 0.15) is 6.04 Å². The van der Waals surface area contributed by atoms with Crippen LogP contribution in [0.5, 0.6) is 0 Å². The zero-order valence-electron chi connectivity index (χ0n) is 13.7. The lowest BCUT2D eigenvalue weighted by molar-refractivity contribution is -0.122. The average Bonchev–Trinajstić information content (AvgIpc) is 2.57. The van der Waals surface area contributed by atoms with Crippen LogP contribution in [0, 0.1) is 0 Å². The van der Waals surface area contributed by atoms with Crippen LogP contribution in [0.25, 0.3) is 0 Å². The topological polar surface area (TPSA) is 70.2 Å². The zero-order chi connectivity index (χ0) is 18.2. The lowest BCUT2D eigenvalue weighted by Gasteiger charge is -2.15. The maximum absolute atomic E-state index is 12.1. The average molecular weight is 380 g/mol. The fraction of sp³-hybridized carbons (Fsp3) is 0.222. The molecule has 0 saturated heterocycles. The van der Waals surface area contributed by atoms with Gasteiger partial charge in [0.2, 0.25) is 5.91 Å². The number of carbonyl (C=O) groups is 2. The van der Waals surface area contributed by atoms with Gasteiger partial charge in [-0.15, -0.1) is 0 Å². The Balaban J connectivity index is 1.75. The van der Waals surface area contributed by atoms with Gasteiger partial charge in [-0.2, -0.15) is 0 Å². The number of rotatable bonds is 6. The fourth-order valence-electron chi connectivity index (χ4n) is 2.15. The summed E-state index contributed by atoms with van der Waals surface area (Å²) >= 11 is 11.9. The standard InChI is InChI=1S/C18H19Cl2N3O2/c1-12(22-18(25)23-15-5-3-2-4-6-15)17(24)21-10-9-13-7-8-14(19)11-16(13)20/h2-8,11-12H,9-10H2,1H3,(H,21,24)(H2,22,23,25). The number of hydrogen-bond acceptors (Lipinski definition) is 2. The zero-order valence-corrected chi connectivity index (χ0v) is 15.2. The normalized spacial score (nSPS) is 11.5. The summed E-state index contributed by atoms with van der Waals surface area (Å²) in [6.07, 6.45) is 0.574. The highest BCUT2D eigenvalue weighted by Crippen LogP contribution is 2.21. The largest absolute Gasteiger partial charge is 0.354 e. The van der Waals surface area contributed by atoms with Crippen LogP contribution in [0.4, 0.5) is 10.5 Å². The molecule has 25 heavy (non-hydrogen) atoms. The van der Waals surface area contributed by atoms with Crippen molar-refractivity contribution in [2.45, 2.75) is 19.4 Å². The van der Waals surface area contributed by atoms with Crippen LogP contribution < -0.4 is 16.0 Å². The van der Waals surface area contributed by atoms with E-state index in [1.165, 1.54) is 0 Å². The fourth-order valence-corrected chi connectivity index (χ4v) is 2.65. The molecule has 132 valence electrons. The van der Waals surface area contributed by atoms with Gasteiger partial charge in [0.15, 0.2) is 0 Å². The Morgan fingerprint density at radius 3 is 2.48 bits per heavy atom. The minimum atomic E-state index is -0.663. The number of nitrogens with one attached hydrogen (secondary N) is 3. The molecule has 3 amide bonds. The van der Waals surface area contributed by atoms with E-state index in [0.29, 0.717) is 28.7 Å². The van der Waals surface area contributed by atoms with Gasteiger partial charge in [-0.3, -0.25) is 4.79 Å². The Labute approximate surface area is 156 Å². The molecule has 0 aliphatic rings. The molecule has 2 rings (SSSR count). The van der Waals surface area contributed by atoms with Gasteiger partial charge in [0.05, 0.1) is 0 Å². The molecule has 3 N–H and O–H groups in total. The third-order valence-electron chi connectivity index (χ3n) is 3.48. The Morgan fingerprint density at radius 2 is 1.80 bits per heavy atom. The van der Waals surface area contributed by atoms with Crippen LogP contribution in [-0.4, -0.2) is 24.5 Å². The first kappa shape index (κ1) is 19.1. The number of urea groups is 1. The van der Waals surface area contributed by atoms with Crippen molar-refractivity contribution >= 4 is 40.8 Å². The van der Waals surface area contributed by atoms with Gasteiger partial charge in [-0.1, -0.05) is 47.5 Å². The molecular weight excluding hydrogens is 361 g/mol. The van der Waals surface area contributed by atoms with E-state index in [1.807, 2.05) is 24.3 Å². The summed E-state index contributed by atoms with van der Waals surface area (Å²) in [6.45, 7) is 2.03. The van der Waals surface area contributed by atoms with Crippen LogP contribution in [0.3, 0.4) is 0 Å². The highest BCUT2D eigenvalue weighted by Gasteiger charge is 2.15. The summed E-state index contributed by atoms with van der Waals surface area (Å²) in [5, 5.41) is 9.16. The Morgan fingerprint density at radius 1 is 1.08 bits per heavy atom. The molecule has 1 unspecified atom stereocenters. The molecule has 0 aliphatic heterocycles. The van der Waals surface area contributed by atoms with Crippen LogP contribution in [0.2, 0.25) is 10.0 Å². The van der Waals surface area contributed by atoms with Crippen molar-refractivity contribution in [3.63, 3.8) is 0 Å². The molecule has 5 nitrogen and oxygen atoms in total. The van der Waals surface area contributed by atoms with Crippen molar-refractivity contribution in [1.29, 1.82) is 0 Å². The molecule has 0 fully saturated rings. The maximum Gasteiger partial charge on any atom is 0.319 e. The molecule has 2 aromatic carbocycles. The van der Waals surface area contributed by atoms with Crippen LogP contribution in [0.1, 0.15) is 12.5 Å². The van der Waals surface area contributed by atoms with Crippen molar-refractivity contribution < 1.29 is 9.59 Å². The molecule has 0 heterocycles. The summed E-state index contributed by atoms with van der Waals surface area (Å²) in [7, 11) is 0. The third kappa shape index (κ3) is 6.29. The van der Waals surface area contributed by atoms with Crippen molar-refractivity contribution in [1.82, 2.24) is 10.6 Å². The van der Waals surface area contributed by atoms with Gasteiger partial charge in [-0.05, 0) is 43.2 Å². The molecule has 7 heteroatoms. The predicted octanol–water partition coefficient (Wildman–Crippen LogP) is 3.86. The molecular formula is C18H19Cl2N3O2. The molecule has 0 spiro atoms. The first-order valence-electron chi connectivity index (χ1n) is 7.80. The number of carbonyl (C=O) groups excluding carboxylic acids is 2. The maximum atomic E-state index is 12.1. The highest BCUT2D eigenvalue weighted by molar-refractivity contribution is 6.35. The number of para-hydroxylation sites is 1. The molecule has 1 atom stereocenters. The van der Waals surface area contributed by atoms with Crippen LogP contribution in [0.15, 0.2) is 48.5 Å². The second-order valence-electron chi connectivity index (χ2n) is 5.46. The molecule has 2 aromatic rings. The van der Waals surface area contributed by atoms with E-state index in [1.54, 1.807) is 31.2 Å². The first-order valence-corrected chi connectivity index (χ1v) is 8.55. The highest BCUT2D eigenvalue weighted by atomic mass is 35.5. The number of amides is 3. The van der Waals surface area contributed by atoms with Crippen LogP contribution >= 0.6 is 23.2 Å². The molecule has 0 saturated carbocycles. The quantitative estimate of drug-likeness (QED) is 0.712. The molecule has 0 aliphatic carbocycles. The second-order valence-corrected chi connectivity index (χ2v) is 6.31. The van der Waals surface area contributed by atoms with E-state index >= 15 is 0 Å². The number of benzene rings is 2. The summed E-state index contributed by atoms with van der Waals surface area (Å²) < 4.78 is 0. The van der Waals surface area contributed by atoms with Gasteiger partial charge >= 0.3 is 6.03 Å². The Kier molecular flexibility index (Phi) is 7.10. The summed E-state index contributed by atoms with van der Waals surface area (Å²) in [5.74, 6) is -0.270. The summed E-state index contributed by atoms with van der Waals surface area (Å²) in [5.41, 5.74) is 1.55. The van der Waals surface area contributed by atoms with E-state index in [9.17, 15) is 9.59 Å². The van der Waals surface area contributed by atoms with Crippen molar-refractivity contribution in [2.24, 2.45) is 0 Å². The lowest BCUT2D eigenvalue weighted by atomic mass is 10.1. The van der Waals surface area contributed by atoms with Crippen molar-refractivity contribution in [2.75, 3.05) is 11.9 Å². The smallest absolute Gasteiger partial charge is 0.319 e. The number of anilines is 1. The Hall–Kier alpha value is -2.24. The lowest BCUT2D eigenvalue weighted by Crippen LogP contribution is -2.46. The minimum Gasteiger partial charge on any atom is -0.354 e. The second kappa shape index (κ2) is 9.30. The van der Waals surface area contributed by atoms with Crippen LogP contribution in [-0.2, 0) is 11.2 Å². The monoisotopic (exact) mass is 379 g/mol. The SMILES string of the molecule is CC(NC(=O)Nc1ccccc1)C(=O)NCCc1ccc(Cl)cc1Cl. The van der Waals surface area contributed by atoms with E-state index < -0.39 is 12.1 Å². The molecule has 0 aromatic heterocycles. The van der Waals surface area contributed by atoms with E-state index in [0.717, 1.165) is 5.56 Å². The van der Waals surface area contributed by atoms with Gasteiger partial charge in [-0.25, -0.2) is 4.79 Å². The summed E-state index contributed by atoms with van der Waals surface area (Å²) in [6, 6.07) is 13.2. The van der Waals surface area contributed by atoms with Gasteiger partial charge in [0, 0.05) is 22.3 Å². The van der Waals surface area contributed by atoms with E-state index in [-0.39, 0.29) is 5.91 Å². The van der Waals surface area contributed by atoms with Gasteiger partial charge < -0.3 is 16.0 Å². The Bertz CT molecular complexity index is 738.